The largest absolute Gasteiger partial charge is 0.0651 e. The lowest BCUT2D eigenvalue weighted by Gasteiger charge is -2.35. The van der Waals surface area contributed by atoms with Gasteiger partial charge >= 0.3 is 0 Å². The lowest BCUT2D eigenvalue weighted by atomic mass is 9.71. The summed E-state index contributed by atoms with van der Waals surface area (Å²) in [7, 11) is 0. The molecule has 3 aliphatic rings. The van der Waals surface area contributed by atoms with Gasteiger partial charge in [-0.05, 0) is 42.4 Å². The average Bonchev–Trinajstić information content (AvgIpc) is 2.59. The van der Waals surface area contributed by atoms with Gasteiger partial charge in [-0.2, -0.15) is 0 Å². The lowest BCUT2D eigenvalue weighted by Crippen LogP contribution is -2.22. The Morgan fingerprint density at radius 1 is 0.591 bits per heavy atom. The molecule has 0 saturated heterocycles. The van der Waals surface area contributed by atoms with Gasteiger partial charge in [0.15, 0.2) is 0 Å². The van der Waals surface area contributed by atoms with E-state index in [-0.39, 0.29) is 6.40 Å². The minimum Gasteiger partial charge on any atom is -0.0651 e. The van der Waals surface area contributed by atoms with Gasteiger partial charge in [-0.3, -0.25) is 0 Å². The summed E-state index contributed by atoms with van der Waals surface area (Å²) in [6, 6.07) is 0. The van der Waals surface area contributed by atoms with Crippen LogP contribution in [-0.4, -0.2) is 0 Å². The molecule has 3 saturated carbocycles. The molecule has 22 heavy (non-hydrogen) atoms. The van der Waals surface area contributed by atoms with Crippen molar-refractivity contribution in [1.82, 2.24) is 0 Å². The molecular weight excluding hydrogens is 264 g/mol. The van der Waals surface area contributed by atoms with Crippen LogP contribution in [0, 0.1) is 29.6 Å². The van der Waals surface area contributed by atoms with Crippen molar-refractivity contribution in [3.05, 3.63) is 0 Å². The molecular formula is C22H40. The SMILES string of the molecule is [2H]C1CCC(CC2CCC(CC3CCC(CC)CC3)CC2)CC1. The van der Waals surface area contributed by atoms with E-state index >= 15 is 0 Å². The Morgan fingerprint density at radius 2 is 0.955 bits per heavy atom. The van der Waals surface area contributed by atoms with E-state index in [1.165, 1.54) is 89.9 Å². The maximum atomic E-state index is 7.85. The van der Waals surface area contributed by atoms with E-state index in [2.05, 4.69) is 6.92 Å². The molecule has 3 fully saturated rings. The molecule has 0 aromatic carbocycles. The van der Waals surface area contributed by atoms with Crippen LogP contribution in [-0.2, 0) is 0 Å². The first-order valence-corrected chi connectivity index (χ1v) is 10.6. The highest BCUT2D eigenvalue weighted by Gasteiger charge is 2.27. The molecule has 0 heteroatoms. The van der Waals surface area contributed by atoms with Crippen LogP contribution in [0.25, 0.3) is 0 Å². The molecule has 0 unspecified atom stereocenters. The molecule has 0 bridgehead atoms. The van der Waals surface area contributed by atoms with Gasteiger partial charge in [0.25, 0.3) is 0 Å². The Kier molecular flexibility index (Phi) is 6.17. The highest BCUT2D eigenvalue weighted by atomic mass is 14.3. The van der Waals surface area contributed by atoms with Crippen LogP contribution < -0.4 is 0 Å². The van der Waals surface area contributed by atoms with Crippen LogP contribution in [0.3, 0.4) is 0 Å². The fraction of sp³-hybridized carbons (Fsp3) is 1.00. The fourth-order valence-corrected chi connectivity index (χ4v) is 5.75. The topological polar surface area (TPSA) is 0 Å². The van der Waals surface area contributed by atoms with Crippen LogP contribution in [0.5, 0.6) is 0 Å². The first-order valence-electron chi connectivity index (χ1n) is 11.2. The van der Waals surface area contributed by atoms with Crippen molar-refractivity contribution in [1.29, 1.82) is 0 Å². The third-order valence-electron chi connectivity index (χ3n) is 7.40. The van der Waals surface area contributed by atoms with Crippen molar-refractivity contribution in [2.24, 2.45) is 29.6 Å². The van der Waals surface area contributed by atoms with Gasteiger partial charge in [0.05, 0.1) is 0 Å². The van der Waals surface area contributed by atoms with Gasteiger partial charge in [-0.15, -0.1) is 0 Å². The normalized spacial score (nSPS) is 44.5. The van der Waals surface area contributed by atoms with Gasteiger partial charge in [-0.1, -0.05) is 96.8 Å². The van der Waals surface area contributed by atoms with Crippen molar-refractivity contribution in [3.8, 4) is 0 Å². The Bertz CT molecular complexity index is 315. The van der Waals surface area contributed by atoms with Crippen molar-refractivity contribution in [3.63, 3.8) is 0 Å². The average molecular weight is 306 g/mol. The van der Waals surface area contributed by atoms with Gasteiger partial charge < -0.3 is 0 Å². The zero-order valence-corrected chi connectivity index (χ0v) is 15.1. The maximum absolute atomic E-state index is 7.85. The van der Waals surface area contributed by atoms with Crippen LogP contribution in [0.1, 0.15) is 111 Å². The summed E-state index contributed by atoms with van der Waals surface area (Å²) in [5.41, 5.74) is 0. The van der Waals surface area contributed by atoms with Gasteiger partial charge in [0, 0.05) is 1.37 Å². The Labute approximate surface area is 141 Å². The first kappa shape index (κ1) is 15.5. The minimum atomic E-state index is 0.268. The van der Waals surface area contributed by atoms with Gasteiger partial charge in [-0.25, -0.2) is 0 Å². The highest BCUT2D eigenvalue weighted by Crippen LogP contribution is 2.41. The van der Waals surface area contributed by atoms with E-state index in [1.54, 1.807) is 6.42 Å². The molecule has 0 amide bonds. The van der Waals surface area contributed by atoms with E-state index in [1.807, 2.05) is 0 Å². The van der Waals surface area contributed by atoms with Crippen LogP contribution in [0.2, 0.25) is 0 Å². The molecule has 128 valence electrons. The summed E-state index contributed by atoms with van der Waals surface area (Å²) in [6.45, 7) is 2.38. The molecule has 0 atom stereocenters. The quantitative estimate of drug-likeness (QED) is 0.497. The molecule has 0 heterocycles. The number of hydrogen-bond donors (Lipinski definition) is 0. The number of rotatable bonds is 5. The molecule has 3 aliphatic carbocycles. The molecule has 0 spiro atoms. The van der Waals surface area contributed by atoms with Crippen molar-refractivity contribution >= 4 is 0 Å². The Morgan fingerprint density at radius 3 is 1.36 bits per heavy atom. The molecule has 0 radical (unpaired) electrons. The van der Waals surface area contributed by atoms with Gasteiger partial charge in [0.1, 0.15) is 0 Å². The predicted octanol–water partition coefficient (Wildman–Crippen LogP) is 7.37. The van der Waals surface area contributed by atoms with E-state index in [4.69, 9.17) is 1.37 Å². The van der Waals surface area contributed by atoms with Crippen LogP contribution in [0.15, 0.2) is 0 Å². The van der Waals surface area contributed by atoms with E-state index in [0.29, 0.717) is 0 Å². The second kappa shape index (κ2) is 8.74. The highest BCUT2D eigenvalue weighted by molar-refractivity contribution is 4.80. The molecule has 0 N–H and O–H groups in total. The monoisotopic (exact) mass is 305 g/mol. The molecule has 0 aromatic rings. The first-order chi connectivity index (χ1) is 11.2. The summed E-state index contributed by atoms with van der Waals surface area (Å²) in [6.07, 6.45) is 22.1. The Hall–Kier alpha value is 0. The van der Waals surface area contributed by atoms with E-state index in [0.717, 1.165) is 29.6 Å². The summed E-state index contributed by atoms with van der Waals surface area (Å²) in [5.74, 6) is 5.21. The smallest absolute Gasteiger partial charge is 0.0267 e. The molecule has 0 aromatic heterocycles. The molecule has 0 aliphatic heterocycles. The second-order valence-corrected chi connectivity index (χ2v) is 8.96. The van der Waals surface area contributed by atoms with Crippen molar-refractivity contribution in [2.75, 3.05) is 0 Å². The third kappa shape index (κ3) is 5.00. The number of hydrogen-bond acceptors (Lipinski definition) is 0. The van der Waals surface area contributed by atoms with Crippen LogP contribution in [0.4, 0.5) is 0 Å². The van der Waals surface area contributed by atoms with E-state index in [9.17, 15) is 0 Å². The fourth-order valence-electron chi connectivity index (χ4n) is 5.75. The van der Waals surface area contributed by atoms with Crippen molar-refractivity contribution in [2.45, 2.75) is 110 Å². The zero-order chi connectivity index (χ0) is 16.1. The minimum absolute atomic E-state index is 0.268. The second-order valence-electron chi connectivity index (χ2n) is 8.96. The summed E-state index contributed by atoms with van der Waals surface area (Å²) < 4.78 is 7.85. The molecule has 3 rings (SSSR count). The van der Waals surface area contributed by atoms with Crippen LogP contribution >= 0.6 is 0 Å². The summed E-state index contributed by atoms with van der Waals surface area (Å²) >= 11 is 0. The zero-order valence-electron chi connectivity index (χ0n) is 16.1. The standard InChI is InChI=1S/C22H40/c1-2-18-8-10-20(11-9-18)17-22-14-12-21(13-15-22)16-19-6-4-3-5-7-19/h18-22H,2-17H2,1H3/i3D. The summed E-state index contributed by atoms with van der Waals surface area (Å²) in [5, 5.41) is 0. The van der Waals surface area contributed by atoms with Crippen molar-refractivity contribution < 1.29 is 1.37 Å². The molecule has 0 nitrogen and oxygen atoms in total. The third-order valence-corrected chi connectivity index (χ3v) is 7.40. The summed E-state index contributed by atoms with van der Waals surface area (Å²) in [4.78, 5) is 0. The van der Waals surface area contributed by atoms with E-state index < -0.39 is 0 Å². The lowest BCUT2D eigenvalue weighted by molar-refractivity contribution is 0.171. The predicted molar refractivity (Wildman–Crippen MR) is 97.0 cm³/mol. The Balaban J connectivity index is 1.31. The maximum Gasteiger partial charge on any atom is 0.0267 e. The van der Waals surface area contributed by atoms with Gasteiger partial charge in [0.2, 0.25) is 0 Å².